The molecule has 4 heteroatoms. The lowest BCUT2D eigenvalue weighted by molar-refractivity contribution is -0.184. The predicted octanol–water partition coefficient (Wildman–Crippen LogP) is 1.89. The number of cyclic esters (lactones) is 2. The van der Waals surface area contributed by atoms with E-state index in [2.05, 4.69) is 15.9 Å². The van der Waals surface area contributed by atoms with Crippen LogP contribution in [0.3, 0.4) is 0 Å². The SMILES string of the molecule is C[C@@]12CC[C@H](C(=O)OC1=O)[C@@]2(C)CBr. The topological polar surface area (TPSA) is 43.4 Å². The third-order valence-electron chi connectivity index (χ3n) is 4.17. The van der Waals surface area contributed by atoms with Gasteiger partial charge in [-0.1, -0.05) is 22.9 Å². The molecule has 1 saturated heterocycles. The van der Waals surface area contributed by atoms with Crippen LogP contribution in [-0.4, -0.2) is 17.3 Å². The third kappa shape index (κ3) is 0.926. The molecule has 0 unspecified atom stereocenters. The van der Waals surface area contributed by atoms with E-state index in [1.807, 2.05) is 13.8 Å². The van der Waals surface area contributed by atoms with Crippen molar-refractivity contribution >= 4 is 27.9 Å². The molecule has 0 aromatic carbocycles. The minimum Gasteiger partial charge on any atom is -0.392 e. The van der Waals surface area contributed by atoms with Crippen LogP contribution in [0.2, 0.25) is 0 Å². The zero-order chi connectivity index (χ0) is 10.6. The van der Waals surface area contributed by atoms with Gasteiger partial charge in [0, 0.05) is 10.7 Å². The molecule has 2 rings (SSSR count). The number of halogens is 1. The maximum Gasteiger partial charge on any atom is 0.320 e. The van der Waals surface area contributed by atoms with Gasteiger partial charge in [0.25, 0.3) is 0 Å². The molecule has 0 N–H and O–H groups in total. The van der Waals surface area contributed by atoms with Crippen molar-refractivity contribution in [2.24, 2.45) is 16.7 Å². The van der Waals surface area contributed by atoms with Gasteiger partial charge in [-0.2, -0.15) is 0 Å². The number of carbonyl (C=O) groups excluding carboxylic acids is 2. The van der Waals surface area contributed by atoms with E-state index in [4.69, 9.17) is 4.74 Å². The van der Waals surface area contributed by atoms with Gasteiger partial charge in [-0.25, -0.2) is 0 Å². The molecule has 2 aliphatic rings. The summed E-state index contributed by atoms with van der Waals surface area (Å²) in [7, 11) is 0. The summed E-state index contributed by atoms with van der Waals surface area (Å²) in [5.41, 5.74) is -0.769. The normalized spacial score (nSPS) is 46.6. The highest BCUT2D eigenvalue weighted by molar-refractivity contribution is 9.09. The van der Waals surface area contributed by atoms with Crippen LogP contribution in [-0.2, 0) is 14.3 Å². The number of hydrogen-bond donors (Lipinski definition) is 0. The zero-order valence-corrected chi connectivity index (χ0v) is 9.89. The van der Waals surface area contributed by atoms with Crippen LogP contribution in [0, 0.1) is 16.7 Å². The van der Waals surface area contributed by atoms with Gasteiger partial charge >= 0.3 is 11.9 Å². The number of hydrogen-bond acceptors (Lipinski definition) is 3. The molecule has 0 aromatic heterocycles. The Morgan fingerprint density at radius 3 is 2.71 bits per heavy atom. The van der Waals surface area contributed by atoms with Crippen LogP contribution in [0.5, 0.6) is 0 Å². The molecule has 0 amide bonds. The Bertz CT molecular complexity index is 314. The summed E-state index contributed by atoms with van der Waals surface area (Å²) in [4.78, 5) is 23.2. The van der Waals surface area contributed by atoms with Crippen molar-refractivity contribution in [2.75, 3.05) is 5.33 Å². The second-order valence-corrected chi connectivity index (χ2v) is 5.24. The molecule has 2 bridgehead atoms. The van der Waals surface area contributed by atoms with Crippen molar-refractivity contribution in [1.29, 1.82) is 0 Å². The zero-order valence-electron chi connectivity index (χ0n) is 8.30. The average molecular weight is 261 g/mol. The number of esters is 2. The van der Waals surface area contributed by atoms with Crippen LogP contribution in [0.25, 0.3) is 0 Å². The van der Waals surface area contributed by atoms with E-state index in [0.717, 1.165) is 12.8 Å². The van der Waals surface area contributed by atoms with E-state index < -0.39 is 5.41 Å². The molecule has 1 heterocycles. The van der Waals surface area contributed by atoms with E-state index >= 15 is 0 Å². The maximum absolute atomic E-state index is 11.7. The molecule has 2 fully saturated rings. The maximum atomic E-state index is 11.7. The van der Waals surface area contributed by atoms with Gasteiger partial charge in [0.2, 0.25) is 0 Å². The van der Waals surface area contributed by atoms with Crippen molar-refractivity contribution in [3.8, 4) is 0 Å². The second-order valence-electron chi connectivity index (χ2n) is 4.68. The van der Waals surface area contributed by atoms with Crippen molar-refractivity contribution in [2.45, 2.75) is 26.7 Å². The molecule has 1 saturated carbocycles. The molecule has 1 aliphatic carbocycles. The highest BCUT2D eigenvalue weighted by Gasteiger charge is 2.65. The summed E-state index contributed by atoms with van der Waals surface area (Å²) in [6.07, 6.45) is 1.52. The minimum absolute atomic E-state index is 0.121. The largest absolute Gasteiger partial charge is 0.392 e. The first-order chi connectivity index (χ1) is 6.45. The molecule has 3 nitrogen and oxygen atoms in total. The second kappa shape index (κ2) is 2.81. The summed E-state index contributed by atoms with van der Waals surface area (Å²) < 4.78 is 4.77. The standard InChI is InChI=1S/C10H13BrO3/c1-9-4-3-6(10(9,2)5-11)7(12)14-8(9)13/h6H,3-5H2,1-2H3/t6-,9-,10-/m1/s1. The number of ether oxygens (including phenoxy) is 1. The highest BCUT2D eigenvalue weighted by Crippen LogP contribution is 2.60. The first-order valence-corrected chi connectivity index (χ1v) is 5.90. The van der Waals surface area contributed by atoms with Gasteiger partial charge in [0.05, 0.1) is 11.3 Å². The summed E-state index contributed by atoms with van der Waals surface area (Å²) in [6, 6.07) is 0. The Hall–Kier alpha value is -0.380. The average Bonchev–Trinajstić information content (AvgIpc) is 2.34. The Labute approximate surface area is 91.3 Å². The molecule has 1 aliphatic heterocycles. The van der Waals surface area contributed by atoms with Crippen LogP contribution in [0.1, 0.15) is 26.7 Å². The number of rotatable bonds is 1. The Kier molecular flexibility index (Phi) is 2.04. The molecule has 78 valence electrons. The number of fused-ring (bicyclic) bond motifs is 2. The molecule has 14 heavy (non-hydrogen) atoms. The Balaban J connectivity index is 2.51. The van der Waals surface area contributed by atoms with Gasteiger partial charge < -0.3 is 4.74 Å². The van der Waals surface area contributed by atoms with Crippen molar-refractivity contribution in [3.63, 3.8) is 0 Å². The molecule has 0 spiro atoms. The summed E-state index contributed by atoms with van der Waals surface area (Å²) in [6.45, 7) is 3.90. The lowest BCUT2D eigenvalue weighted by Crippen LogP contribution is -2.52. The van der Waals surface area contributed by atoms with Gasteiger partial charge in [0.1, 0.15) is 0 Å². The van der Waals surface area contributed by atoms with Crippen molar-refractivity contribution in [1.82, 2.24) is 0 Å². The molecule has 0 aromatic rings. The van der Waals surface area contributed by atoms with Gasteiger partial charge in [-0.3, -0.25) is 9.59 Å². The van der Waals surface area contributed by atoms with E-state index in [-0.39, 0.29) is 23.3 Å². The molecular weight excluding hydrogens is 248 g/mol. The lowest BCUT2D eigenvalue weighted by atomic mass is 9.64. The first kappa shape index (κ1) is 10.1. The fraction of sp³-hybridized carbons (Fsp3) is 0.800. The van der Waals surface area contributed by atoms with Gasteiger partial charge in [0.15, 0.2) is 0 Å². The Morgan fingerprint density at radius 2 is 2.14 bits per heavy atom. The Morgan fingerprint density at radius 1 is 1.50 bits per heavy atom. The van der Waals surface area contributed by atoms with Crippen LogP contribution in [0.15, 0.2) is 0 Å². The number of carbonyl (C=O) groups is 2. The fourth-order valence-corrected chi connectivity index (χ4v) is 3.66. The third-order valence-corrected chi connectivity index (χ3v) is 5.33. The number of alkyl halides is 1. The summed E-state index contributed by atoms with van der Waals surface area (Å²) >= 11 is 3.42. The van der Waals surface area contributed by atoms with Crippen LogP contribution in [0.4, 0.5) is 0 Å². The van der Waals surface area contributed by atoms with Crippen molar-refractivity contribution in [3.05, 3.63) is 0 Å². The molecule has 0 radical (unpaired) electrons. The van der Waals surface area contributed by atoms with Crippen molar-refractivity contribution < 1.29 is 14.3 Å². The van der Waals surface area contributed by atoms with Gasteiger partial charge in [-0.05, 0) is 19.8 Å². The van der Waals surface area contributed by atoms with E-state index in [1.54, 1.807) is 0 Å². The van der Waals surface area contributed by atoms with Gasteiger partial charge in [-0.15, -0.1) is 0 Å². The van der Waals surface area contributed by atoms with Crippen LogP contribution >= 0.6 is 15.9 Å². The highest BCUT2D eigenvalue weighted by atomic mass is 79.9. The summed E-state index contributed by atoms with van der Waals surface area (Å²) in [5, 5.41) is 0.669. The first-order valence-electron chi connectivity index (χ1n) is 4.78. The molecule has 3 atom stereocenters. The van der Waals surface area contributed by atoms with E-state index in [9.17, 15) is 9.59 Å². The fourth-order valence-electron chi connectivity index (χ4n) is 2.65. The minimum atomic E-state index is -0.491. The smallest absolute Gasteiger partial charge is 0.320 e. The summed E-state index contributed by atoms with van der Waals surface area (Å²) in [5.74, 6) is -0.810. The monoisotopic (exact) mass is 260 g/mol. The molecular formula is C10H13BrO3. The van der Waals surface area contributed by atoms with Crippen LogP contribution < -0.4 is 0 Å². The lowest BCUT2D eigenvalue weighted by Gasteiger charge is -2.43. The quantitative estimate of drug-likeness (QED) is 0.411. The van der Waals surface area contributed by atoms with E-state index in [0.29, 0.717) is 5.33 Å². The van der Waals surface area contributed by atoms with E-state index in [1.165, 1.54) is 0 Å². The predicted molar refractivity (Wildman–Crippen MR) is 53.8 cm³/mol.